The van der Waals surface area contributed by atoms with E-state index in [-0.39, 0.29) is 11.5 Å². The van der Waals surface area contributed by atoms with Crippen LogP contribution in [0.1, 0.15) is 74.5 Å². The normalized spacial score (nSPS) is 30.0. The maximum Gasteiger partial charge on any atom is 0.115 e. The van der Waals surface area contributed by atoms with Crippen LogP contribution in [-0.2, 0) is 27.2 Å². The SMILES string of the molecule is CC12CCC3c4ccc(O)cc4C[C@@H](CCCCOCCOCCOCc4ccccc4)C3[C@@H]1CCC2O. The largest absolute Gasteiger partial charge is 0.508 e. The molecule has 4 unspecified atom stereocenters. The first-order valence-corrected chi connectivity index (χ1v) is 14.8. The molecule has 38 heavy (non-hydrogen) atoms. The lowest BCUT2D eigenvalue weighted by atomic mass is 9.52. The van der Waals surface area contributed by atoms with Crippen LogP contribution in [0.2, 0.25) is 0 Å². The zero-order valence-electron chi connectivity index (χ0n) is 23.0. The highest BCUT2D eigenvalue weighted by Gasteiger charge is 2.56. The Morgan fingerprint density at radius 1 is 0.868 bits per heavy atom. The molecular formula is C33H46O5. The molecule has 2 N–H and O–H groups in total. The topological polar surface area (TPSA) is 68.2 Å². The Morgan fingerprint density at radius 2 is 1.63 bits per heavy atom. The molecule has 0 aliphatic heterocycles. The molecule has 0 heterocycles. The van der Waals surface area contributed by atoms with Gasteiger partial charge in [-0.15, -0.1) is 0 Å². The molecule has 5 rings (SSSR count). The molecule has 0 aromatic heterocycles. The van der Waals surface area contributed by atoms with Crippen molar-refractivity contribution >= 4 is 0 Å². The molecule has 208 valence electrons. The van der Waals surface area contributed by atoms with Crippen molar-refractivity contribution in [3.8, 4) is 5.75 Å². The average Bonchev–Trinajstić information content (AvgIpc) is 3.23. The summed E-state index contributed by atoms with van der Waals surface area (Å²) < 4.78 is 17.1. The standard InChI is InChI=1S/C33H46O5/c1-33-15-14-29-28-11-10-27(34)22-26(28)21-25(32(29)30(33)12-13-31(33)35)9-5-6-16-36-17-18-37-19-20-38-23-24-7-3-2-4-8-24/h2-4,7-8,10-11,22,25,29-32,34-35H,5-6,9,12-21,23H2,1H3/t25-,29?,30+,31?,32?,33?/m1/s1. The number of aliphatic hydroxyl groups excluding tert-OH is 1. The number of aromatic hydroxyl groups is 1. The third-order valence-corrected chi connectivity index (χ3v) is 9.80. The number of unbranched alkanes of at least 4 members (excludes halogenated alkanes) is 1. The monoisotopic (exact) mass is 522 g/mol. The van der Waals surface area contributed by atoms with Crippen molar-refractivity contribution in [1.29, 1.82) is 0 Å². The van der Waals surface area contributed by atoms with Crippen LogP contribution >= 0.6 is 0 Å². The summed E-state index contributed by atoms with van der Waals surface area (Å²) >= 11 is 0. The van der Waals surface area contributed by atoms with Gasteiger partial charge in [-0.1, -0.05) is 49.7 Å². The predicted octanol–water partition coefficient (Wildman–Crippen LogP) is 6.26. The Labute approximate surface area is 228 Å². The van der Waals surface area contributed by atoms with Gasteiger partial charge in [0.1, 0.15) is 5.75 Å². The highest BCUT2D eigenvalue weighted by atomic mass is 16.5. The Morgan fingerprint density at radius 3 is 2.45 bits per heavy atom. The second-order valence-corrected chi connectivity index (χ2v) is 12.0. The van der Waals surface area contributed by atoms with E-state index in [1.54, 1.807) is 0 Å². The molecule has 0 saturated heterocycles. The first kappa shape index (κ1) is 27.6. The van der Waals surface area contributed by atoms with E-state index >= 15 is 0 Å². The molecule has 2 saturated carbocycles. The maximum atomic E-state index is 10.8. The van der Waals surface area contributed by atoms with Crippen molar-refractivity contribution in [3.63, 3.8) is 0 Å². The quantitative estimate of drug-likeness (QED) is 0.304. The van der Waals surface area contributed by atoms with Gasteiger partial charge < -0.3 is 24.4 Å². The number of fused-ring (bicyclic) bond motifs is 5. The van der Waals surface area contributed by atoms with Crippen LogP contribution in [0.5, 0.6) is 5.75 Å². The zero-order chi connectivity index (χ0) is 26.4. The summed E-state index contributed by atoms with van der Waals surface area (Å²) in [6.07, 6.45) is 8.68. The maximum absolute atomic E-state index is 10.8. The summed E-state index contributed by atoms with van der Waals surface area (Å²) in [4.78, 5) is 0. The van der Waals surface area contributed by atoms with E-state index in [9.17, 15) is 10.2 Å². The molecule has 5 nitrogen and oxygen atoms in total. The van der Waals surface area contributed by atoms with E-state index in [4.69, 9.17) is 14.2 Å². The molecule has 5 heteroatoms. The summed E-state index contributed by atoms with van der Waals surface area (Å²) in [5.74, 6) is 2.81. The van der Waals surface area contributed by atoms with Gasteiger partial charge in [0.25, 0.3) is 0 Å². The molecule has 0 bridgehead atoms. The second-order valence-electron chi connectivity index (χ2n) is 12.0. The van der Waals surface area contributed by atoms with Crippen LogP contribution in [0.3, 0.4) is 0 Å². The van der Waals surface area contributed by atoms with Crippen LogP contribution < -0.4 is 0 Å². The minimum Gasteiger partial charge on any atom is -0.508 e. The van der Waals surface area contributed by atoms with Crippen LogP contribution in [-0.4, -0.2) is 49.4 Å². The van der Waals surface area contributed by atoms with Crippen molar-refractivity contribution in [2.24, 2.45) is 23.2 Å². The van der Waals surface area contributed by atoms with Gasteiger partial charge in [0.15, 0.2) is 0 Å². The van der Waals surface area contributed by atoms with Crippen LogP contribution in [0.15, 0.2) is 48.5 Å². The smallest absolute Gasteiger partial charge is 0.115 e. The minimum absolute atomic E-state index is 0.0730. The third kappa shape index (κ3) is 6.28. The van der Waals surface area contributed by atoms with Gasteiger partial charge >= 0.3 is 0 Å². The number of rotatable bonds is 13. The lowest BCUT2D eigenvalue weighted by Gasteiger charge is -2.53. The summed E-state index contributed by atoms with van der Waals surface area (Å²) in [6.45, 7) is 6.15. The number of hydrogen-bond acceptors (Lipinski definition) is 5. The van der Waals surface area contributed by atoms with E-state index in [2.05, 4.69) is 25.1 Å². The van der Waals surface area contributed by atoms with Gasteiger partial charge in [-0.05, 0) is 103 Å². The highest BCUT2D eigenvalue weighted by Crippen LogP contribution is 2.62. The first-order chi connectivity index (χ1) is 18.6. The summed E-state index contributed by atoms with van der Waals surface area (Å²) in [7, 11) is 0. The number of benzene rings is 2. The third-order valence-electron chi connectivity index (χ3n) is 9.80. The summed E-state index contributed by atoms with van der Waals surface area (Å²) in [5, 5.41) is 21.0. The molecule has 6 atom stereocenters. The van der Waals surface area contributed by atoms with E-state index in [0.717, 1.165) is 51.6 Å². The molecule has 0 spiro atoms. The Hall–Kier alpha value is -1.92. The molecule has 3 aliphatic rings. The fraction of sp³-hybridized carbons (Fsp3) is 0.636. The zero-order valence-corrected chi connectivity index (χ0v) is 23.0. The second kappa shape index (κ2) is 13.0. The number of phenolic OH excluding ortho intramolecular Hbond substituents is 1. The molecule has 2 aromatic rings. The van der Waals surface area contributed by atoms with E-state index < -0.39 is 0 Å². The van der Waals surface area contributed by atoms with E-state index in [0.29, 0.717) is 62.5 Å². The van der Waals surface area contributed by atoms with Gasteiger partial charge in [-0.25, -0.2) is 0 Å². The lowest BCUT2D eigenvalue weighted by molar-refractivity contribution is -0.0399. The van der Waals surface area contributed by atoms with Gasteiger partial charge in [0.2, 0.25) is 0 Å². The van der Waals surface area contributed by atoms with Gasteiger partial charge in [0, 0.05) is 6.61 Å². The first-order valence-electron chi connectivity index (χ1n) is 14.8. The highest BCUT2D eigenvalue weighted by molar-refractivity contribution is 5.40. The Bertz CT molecular complexity index is 1010. The fourth-order valence-corrected chi connectivity index (χ4v) is 7.85. The summed E-state index contributed by atoms with van der Waals surface area (Å²) in [5.41, 5.74) is 4.06. The van der Waals surface area contributed by atoms with E-state index in [1.807, 2.05) is 30.3 Å². The fourth-order valence-electron chi connectivity index (χ4n) is 7.85. The van der Waals surface area contributed by atoms with E-state index in [1.165, 1.54) is 23.1 Å². The van der Waals surface area contributed by atoms with Crippen molar-refractivity contribution in [2.75, 3.05) is 33.0 Å². The predicted molar refractivity (Wildman–Crippen MR) is 149 cm³/mol. The van der Waals surface area contributed by atoms with Gasteiger partial charge in [-0.2, -0.15) is 0 Å². The summed E-state index contributed by atoms with van der Waals surface area (Å²) in [6, 6.07) is 16.2. The number of aliphatic hydroxyl groups is 1. The molecular weight excluding hydrogens is 476 g/mol. The van der Waals surface area contributed by atoms with Crippen molar-refractivity contribution in [3.05, 3.63) is 65.2 Å². The molecule has 2 aromatic carbocycles. The number of phenols is 1. The van der Waals surface area contributed by atoms with Crippen molar-refractivity contribution in [1.82, 2.24) is 0 Å². The van der Waals surface area contributed by atoms with Crippen LogP contribution in [0.4, 0.5) is 0 Å². The average molecular weight is 523 g/mol. The minimum atomic E-state index is -0.152. The number of hydrogen-bond donors (Lipinski definition) is 2. The van der Waals surface area contributed by atoms with Crippen molar-refractivity contribution < 1.29 is 24.4 Å². The van der Waals surface area contributed by atoms with Crippen molar-refractivity contribution in [2.45, 2.75) is 76.9 Å². The Kier molecular flexibility index (Phi) is 9.42. The van der Waals surface area contributed by atoms with Gasteiger partial charge in [-0.3, -0.25) is 0 Å². The molecule has 3 aliphatic carbocycles. The van der Waals surface area contributed by atoms with Crippen LogP contribution in [0.25, 0.3) is 0 Å². The molecule has 2 fully saturated rings. The van der Waals surface area contributed by atoms with Gasteiger partial charge in [0.05, 0.1) is 39.1 Å². The van der Waals surface area contributed by atoms with Crippen LogP contribution in [0, 0.1) is 23.2 Å². The molecule has 0 amide bonds. The molecule has 0 radical (unpaired) electrons. The number of ether oxygens (including phenoxy) is 3. The lowest BCUT2D eigenvalue weighted by Crippen LogP contribution is -2.47. The Balaban J connectivity index is 1.02.